The Labute approximate surface area is 151 Å². The van der Waals surface area contributed by atoms with Crippen LogP contribution in [0.3, 0.4) is 0 Å². The van der Waals surface area contributed by atoms with Gasteiger partial charge in [-0.15, -0.1) is 11.3 Å². The van der Waals surface area contributed by atoms with E-state index < -0.39 is 0 Å². The number of nitrogens with one attached hydrogen (secondary N) is 1. The quantitative estimate of drug-likeness (QED) is 0.826. The van der Waals surface area contributed by atoms with Crippen LogP contribution in [0.2, 0.25) is 4.34 Å². The maximum absolute atomic E-state index is 6.38. The molecule has 0 unspecified atom stereocenters. The van der Waals surface area contributed by atoms with Gasteiger partial charge < -0.3 is 10.1 Å². The molecule has 0 aromatic carbocycles. The van der Waals surface area contributed by atoms with Crippen LogP contribution in [0, 0.1) is 6.92 Å². The van der Waals surface area contributed by atoms with Crippen LogP contribution in [0.4, 0.5) is 0 Å². The third-order valence-electron chi connectivity index (χ3n) is 5.08. The number of fused-ring (bicyclic) bond motifs is 2. The highest BCUT2D eigenvalue weighted by molar-refractivity contribution is 7.16. The van der Waals surface area contributed by atoms with Crippen LogP contribution in [0.25, 0.3) is 0 Å². The van der Waals surface area contributed by atoms with Crippen molar-refractivity contribution < 1.29 is 4.74 Å². The second kappa shape index (κ2) is 6.37. The standard InChI is InChI=1S/C18H22ClN3OS/c1-11-7-15(21-10-20-11)14-3-5-18(9-12(2)22-14)17-13(4-6-23-18)8-16(19)24-17/h7-8,10,12,14,22H,3-6,9H2,1-2H3/t12-,14-,18+/m0/s1. The minimum atomic E-state index is -0.200. The molecule has 4 rings (SSSR count). The molecule has 1 saturated heterocycles. The molecule has 0 radical (unpaired) electrons. The molecule has 4 heterocycles. The van der Waals surface area contributed by atoms with E-state index in [2.05, 4.69) is 34.3 Å². The highest BCUT2D eigenvalue weighted by Crippen LogP contribution is 2.48. The number of hydrogen-bond donors (Lipinski definition) is 1. The van der Waals surface area contributed by atoms with Crippen LogP contribution in [0.5, 0.6) is 0 Å². The maximum Gasteiger partial charge on any atom is 0.115 e. The fraction of sp³-hybridized carbons (Fsp3) is 0.556. The molecule has 2 aromatic rings. The summed E-state index contributed by atoms with van der Waals surface area (Å²) < 4.78 is 7.26. The highest BCUT2D eigenvalue weighted by atomic mass is 35.5. The zero-order valence-corrected chi connectivity index (χ0v) is 15.6. The number of aromatic nitrogens is 2. The predicted octanol–water partition coefficient (Wildman–Crippen LogP) is 4.17. The molecular formula is C18H22ClN3OS. The van der Waals surface area contributed by atoms with Crippen molar-refractivity contribution in [3.8, 4) is 0 Å². The summed E-state index contributed by atoms with van der Waals surface area (Å²) in [5.74, 6) is 0. The van der Waals surface area contributed by atoms with Gasteiger partial charge in [-0.25, -0.2) is 9.97 Å². The Hall–Kier alpha value is -1.01. The topological polar surface area (TPSA) is 47.0 Å². The van der Waals surface area contributed by atoms with Gasteiger partial charge in [0.25, 0.3) is 0 Å². The first-order valence-electron chi connectivity index (χ1n) is 8.53. The van der Waals surface area contributed by atoms with Crippen molar-refractivity contribution in [2.45, 2.75) is 57.2 Å². The Kier molecular flexibility index (Phi) is 4.37. The van der Waals surface area contributed by atoms with E-state index in [1.165, 1.54) is 10.4 Å². The van der Waals surface area contributed by atoms with E-state index in [0.717, 1.165) is 48.0 Å². The number of thiophene rings is 1. The van der Waals surface area contributed by atoms with Crippen LogP contribution in [0.15, 0.2) is 18.5 Å². The number of ether oxygens (including phenoxy) is 1. The van der Waals surface area contributed by atoms with Gasteiger partial charge in [-0.2, -0.15) is 0 Å². The average molecular weight is 364 g/mol. The lowest BCUT2D eigenvalue weighted by Crippen LogP contribution is -2.38. The van der Waals surface area contributed by atoms with E-state index in [1.807, 2.05) is 6.92 Å². The van der Waals surface area contributed by atoms with Crippen molar-refractivity contribution in [1.82, 2.24) is 15.3 Å². The zero-order valence-electron chi connectivity index (χ0n) is 14.0. The lowest BCUT2D eigenvalue weighted by Gasteiger charge is -2.37. The van der Waals surface area contributed by atoms with Gasteiger partial charge in [-0.3, -0.25) is 0 Å². The zero-order chi connectivity index (χ0) is 16.7. The van der Waals surface area contributed by atoms with Crippen molar-refractivity contribution in [3.05, 3.63) is 44.6 Å². The molecule has 128 valence electrons. The van der Waals surface area contributed by atoms with Gasteiger partial charge in [0.2, 0.25) is 0 Å². The Morgan fingerprint density at radius 2 is 2.25 bits per heavy atom. The fourth-order valence-corrected chi connectivity index (χ4v) is 5.57. The molecule has 1 fully saturated rings. The van der Waals surface area contributed by atoms with Crippen LogP contribution < -0.4 is 5.32 Å². The SMILES string of the molecule is Cc1cc([C@@H]2CC[C@]3(C[C@H](C)N2)OCCc2cc(Cl)sc23)ncn1. The third kappa shape index (κ3) is 2.99. The summed E-state index contributed by atoms with van der Waals surface area (Å²) in [7, 11) is 0. The molecule has 0 saturated carbocycles. The lowest BCUT2D eigenvalue weighted by molar-refractivity contribution is -0.0704. The molecule has 3 atom stereocenters. The van der Waals surface area contributed by atoms with Crippen molar-refractivity contribution in [3.63, 3.8) is 0 Å². The van der Waals surface area contributed by atoms with Gasteiger partial charge in [0, 0.05) is 22.7 Å². The van der Waals surface area contributed by atoms with Gasteiger partial charge in [0.15, 0.2) is 0 Å². The molecule has 2 aromatic heterocycles. The maximum atomic E-state index is 6.38. The third-order valence-corrected chi connectivity index (χ3v) is 6.57. The van der Waals surface area contributed by atoms with Crippen molar-refractivity contribution in [1.29, 1.82) is 0 Å². The predicted molar refractivity (Wildman–Crippen MR) is 96.6 cm³/mol. The molecule has 6 heteroatoms. The number of hydrogen-bond acceptors (Lipinski definition) is 5. The van der Waals surface area contributed by atoms with Crippen molar-refractivity contribution in [2.24, 2.45) is 0 Å². The largest absolute Gasteiger partial charge is 0.369 e. The first kappa shape index (κ1) is 16.5. The second-order valence-corrected chi connectivity index (χ2v) is 8.63. The average Bonchev–Trinajstić information content (AvgIpc) is 2.85. The lowest BCUT2D eigenvalue weighted by atomic mass is 9.85. The number of aryl methyl sites for hydroxylation is 1. The molecule has 2 aliphatic rings. The Bertz CT molecular complexity index is 750. The summed E-state index contributed by atoms with van der Waals surface area (Å²) >= 11 is 8.00. The van der Waals surface area contributed by atoms with Crippen molar-refractivity contribution >= 4 is 22.9 Å². The number of nitrogens with zero attached hydrogens (tertiary/aromatic N) is 2. The Balaban J connectivity index is 1.65. The smallest absolute Gasteiger partial charge is 0.115 e. The molecule has 24 heavy (non-hydrogen) atoms. The van der Waals surface area contributed by atoms with E-state index in [9.17, 15) is 0 Å². The molecule has 0 aliphatic carbocycles. The van der Waals surface area contributed by atoms with Crippen molar-refractivity contribution in [2.75, 3.05) is 6.61 Å². The van der Waals surface area contributed by atoms with E-state index in [0.29, 0.717) is 6.04 Å². The minimum Gasteiger partial charge on any atom is -0.369 e. The van der Waals surface area contributed by atoms with Gasteiger partial charge in [0.05, 0.1) is 16.6 Å². The van der Waals surface area contributed by atoms with Crippen LogP contribution >= 0.6 is 22.9 Å². The summed E-state index contributed by atoms with van der Waals surface area (Å²) in [6.45, 7) is 5.03. The first-order valence-corrected chi connectivity index (χ1v) is 9.72. The molecule has 0 amide bonds. The second-order valence-electron chi connectivity index (χ2n) is 6.94. The molecule has 0 bridgehead atoms. The summed E-state index contributed by atoms with van der Waals surface area (Å²) in [4.78, 5) is 10.0. The summed E-state index contributed by atoms with van der Waals surface area (Å²) in [6.07, 6.45) is 5.58. The van der Waals surface area contributed by atoms with Gasteiger partial charge in [-0.1, -0.05) is 11.6 Å². The van der Waals surface area contributed by atoms with E-state index in [-0.39, 0.29) is 11.6 Å². The monoisotopic (exact) mass is 363 g/mol. The van der Waals surface area contributed by atoms with Gasteiger partial charge in [0.1, 0.15) is 11.9 Å². The van der Waals surface area contributed by atoms with Crippen LogP contribution in [0.1, 0.15) is 54.1 Å². The fourth-order valence-electron chi connectivity index (χ4n) is 4.08. The normalized spacial score (nSPS) is 30.1. The minimum absolute atomic E-state index is 0.200. The number of halogens is 1. The molecular weight excluding hydrogens is 342 g/mol. The summed E-state index contributed by atoms with van der Waals surface area (Å²) in [5.41, 5.74) is 3.26. The van der Waals surface area contributed by atoms with Crippen LogP contribution in [-0.2, 0) is 16.8 Å². The first-order chi connectivity index (χ1) is 11.6. The highest BCUT2D eigenvalue weighted by Gasteiger charge is 2.43. The van der Waals surface area contributed by atoms with Gasteiger partial charge >= 0.3 is 0 Å². The van der Waals surface area contributed by atoms with E-state index in [4.69, 9.17) is 16.3 Å². The Morgan fingerprint density at radius 3 is 3.08 bits per heavy atom. The summed E-state index contributed by atoms with van der Waals surface area (Å²) in [5, 5.41) is 3.73. The van der Waals surface area contributed by atoms with E-state index >= 15 is 0 Å². The van der Waals surface area contributed by atoms with E-state index in [1.54, 1.807) is 17.7 Å². The Morgan fingerprint density at radius 1 is 1.38 bits per heavy atom. The van der Waals surface area contributed by atoms with Crippen LogP contribution in [-0.4, -0.2) is 22.6 Å². The molecule has 1 N–H and O–H groups in total. The number of rotatable bonds is 1. The molecule has 1 spiro atoms. The molecule has 2 aliphatic heterocycles. The summed E-state index contributed by atoms with van der Waals surface area (Å²) in [6, 6.07) is 4.79. The molecule has 4 nitrogen and oxygen atoms in total. The van der Waals surface area contributed by atoms with Gasteiger partial charge in [-0.05, 0) is 57.2 Å².